The Kier molecular flexibility index (Phi) is 3.25. The van der Waals surface area contributed by atoms with E-state index in [0.717, 1.165) is 18.8 Å². The Hall–Kier alpha value is -0.560. The maximum Gasteiger partial charge on any atom is 0.0892 e. The van der Waals surface area contributed by atoms with Gasteiger partial charge in [0.05, 0.1) is 11.7 Å². The Morgan fingerprint density at radius 3 is 2.75 bits per heavy atom. The Bertz CT molecular complexity index is 311. The van der Waals surface area contributed by atoms with Crippen LogP contribution in [-0.4, -0.2) is 11.7 Å². The molecule has 0 N–H and O–H groups in total. The van der Waals surface area contributed by atoms with Gasteiger partial charge >= 0.3 is 0 Å². The minimum Gasteiger partial charge on any atom is -0.367 e. The average Bonchev–Trinajstić information content (AvgIpc) is 2.84. The molecule has 1 heteroatoms. The summed E-state index contributed by atoms with van der Waals surface area (Å²) < 4.78 is 5.61. The summed E-state index contributed by atoms with van der Waals surface area (Å²) in [5.41, 5.74) is 3.13. The normalized spacial score (nSPS) is 32.1. The van der Waals surface area contributed by atoms with E-state index < -0.39 is 0 Å². The van der Waals surface area contributed by atoms with Crippen molar-refractivity contribution in [3.8, 4) is 0 Å². The number of epoxide rings is 1. The third-order valence-electron chi connectivity index (χ3n) is 4.11. The molecule has 0 aromatic carbocycles. The molecule has 16 heavy (non-hydrogen) atoms. The molecule has 2 rings (SSSR count). The predicted octanol–water partition coefficient (Wildman–Crippen LogP) is 4.25. The van der Waals surface area contributed by atoms with Gasteiger partial charge < -0.3 is 4.74 Å². The fraction of sp³-hybridized carbons (Fsp3) is 0.733. The molecule has 1 aliphatic carbocycles. The van der Waals surface area contributed by atoms with E-state index in [9.17, 15) is 0 Å². The Balaban J connectivity index is 1.73. The van der Waals surface area contributed by atoms with Gasteiger partial charge in [-0.1, -0.05) is 23.8 Å². The molecule has 0 spiro atoms. The molecule has 2 aliphatic rings. The standard InChI is InChI=1S/C15H24O/c1-11-5-8-13(9-6-11)12(2)7-10-14-15(3,4)16-14/h5,13-14H,2,6-10H2,1,3-4H3/t13-,14+/m0/s1. The van der Waals surface area contributed by atoms with Crippen molar-refractivity contribution in [2.24, 2.45) is 5.92 Å². The van der Waals surface area contributed by atoms with Crippen LogP contribution in [0.25, 0.3) is 0 Å². The molecule has 2 atom stereocenters. The number of rotatable bonds is 4. The number of allylic oxidation sites excluding steroid dienone is 3. The summed E-state index contributed by atoms with van der Waals surface area (Å²) in [5, 5.41) is 0. The zero-order valence-electron chi connectivity index (χ0n) is 10.9. The molecule has 0 radical (unpaired) electrons. The average molecular weight is 220 g/mol. The zero-order chi connectivity index (χ0) is 11.8. The third-order valence-corrected chi connectivity index (χ3v) is 4.11. The van der Waals surface area contributed by atoms with E-state index in [1.165, 1.54) is 24.8 Å². The first-order valence-electron chi connectivity index (χ1n) is 6.50. The summed E-state index contributed by atoms with van der Waals surface area (Å²) in [6.45, 7) is 10.8. The fourth-order valence-corrected chi connectivity index (χ4v) is 2.60. The molecule has 0 aromatic heterocycles. The highest BCUT2D eigenvalue weighted by atomic mass is 16.6. The molecule has 0 saturated carbocycles. The molecule has 1 heterocycles. The molecular formula is C15H24O. The van der Waals surface area contributed by atoms with Crippen LogP contribution in [0.15, 0.2) is 23.8 Å². The third kappa shape index (κ3) is 2.76. The highest BCUT2D eigenvalue weighted by Gasteiger charge is 2.46. The van der Waals surface area contributed by atoms with Crippen LogP contribution in [0.4, 0.5) is 0 Å². The SMILES string of the molecule is C=C(CC[C@H]1OC1(C)C)[C@H]1CC=C(C)CC1. The number of hydrogen-bond donors (Lipinski definition) is 0. The highest BCUT2D eigenvalue weighted by molar-refractivity contribution is 5.12. The van der Waals surface area contributed by atoms with Crippen molar-refractivity contribution >= 4 is 0 Å². The first-order valence-corrected chi connectivity index (χ1v) is 6.50. The van der Waals surface area contributed by atoms with Gasteiger partial charge in [0.15, 0.2) is 0 Å². The van der Waals surface area contributed by atoms with Crippen LogP contribution < -0.4 is 0 Å². The summed E-state index contributed by atoms with van der Waals surface area (Å²) in [6, 6.07) is 0. The van der Waals surface area contributed by atoms with E-state index in [1.807, 2.05) is 0 Å². The summed E-state index contributed by atoms with van der Waals surface area (Å²) in [6.07, 6.45) is 8.93. The molecule has 0 bridgehead atoms. The van der Waals surface area contributed by atoms with Crippen molar-refractivity contribution in [3.63, 3.8) is 0 Å². The lowest BCUT2D eigenvalue weighted by Crippen LogP contribution is -2.09. The van der Waals surface area contributed by atoms with Crippen molar-refractivity contribution < 1.29 is 4.74 Å². The summed E-state index contributed by atoms with van der Waals surface area (Å²) >= 11 is 0. The van der Waals surface area contributed by atoms with Crippen molar-refractivity contribution in [2.45, 2.75) is 64.6 Å². The highest BCUT2D eigenvalue weighted by Crippen LogP contribution is 2.40. The zero-order valence-corrected chi connectivity index (χ0v) is 10.9. The predicted molar refractivity (Wildman–Crippen MR) is 68.4 cm³/mol. The van der Waals surface area contributed by atoms with Crippen LogP contribution >= 0.6 is 0 Å². The monoisotopic (exact) mass is 220 g/mol. The van der Waals surface area contributed by atoms with Crippen LogP contribution in [-0.2, 0) is 4.74 Å². The van der Waals surface area contributed by atoms with E-state index in [4.69, 9.17) is 4.74 Å². The van der Waals surface area contributed by atoms with E-state index in [0.29, 0.717) is 6.10 Å². The van der Waals surface area contributed by atoms with Gasteiger partial charge in [0.25, 0.3) is 0 Å². The van der Waals surface area contributed by atoms with E-state index in [2.05, 4.69) is 33.4 Å². The van der Waals surface area contributed by atoms with Crippen LogP contribution in [0, 0.1) is 5.92 Å². The van der Waals surface area contributed by atoms with Gasteiger partial charge in [-0.2, -0.15) is 0 Å². The summed E-state index contributed by atoms with van der Waals surface area (Å²) in [7, 11) is 0. The van der Waals surface area contributed by atoms with Crippen molar-refractivity contribution in [1.29, 1.82) is 0 Å². The minimum atomic E-state index is 0.142. The van der Waals surface area contributed by atoms with Gasteiger partial charge in [-0.05, 0) is 58.8 Å². The molecule has 1 saturated heterocycles. The molecular weight excluding hydrogens is 196 g/mol. The summed E-state index contributed by atoms with van der Waals surface area (Å²) in [4.78, 5) is 0. The van der Waals surface area contributed by atoms with Gasteiger partial charge in [-0.3, -0.25) is 0 Å². The first kappa shape index (κ1) is 11.9. The lowest BCUT2D eigenvalue weighted by atomic mass is 9.83. The summed E-state index contributed by atoms with van der Waals surface area (Å²) in [5.74, 6) is 0.727. The number of hydrogen-bond acceptors (Lipinski definition) is 1. The Morgan fingerprint density at radius 1 is 1.56 bits per heavy atom. The number of ether oxygens (including phenoxy) is 1. The maximum absolute atomic E-state index is 5.61. The molecule has 0 amide bonds. The van der Waals surface area contributed by atoms with Crippen LogP contribution in [0.3, 0.4) is 0 Å². The maximum atomic E-state index is 5.61. The largest absolute Gasteiger partial charge is 0.367 e. The molecule has 1 nitrogen and oxygen atoms in total. The van der Waals surface area contributed by atoms with Crippen molar-refractivity contribution in [1.82, 2.24) is 0 Å². The van der Waals surface area contributed by atoms with Gasteiger partial charge in [-0.25, -0.2) is 0 Å². The minimum absolute atomic E-state index is 0.142. The molecule has 0 aromatic rings. The Labute approximate surface area is 99.6 Å². The first-order chi connectivity index (χ1) is 7.49. The van der Waals surface area contributed by atoms with Gasteiger partial charge in [-0.15, -0.1) is 0 Å². The van der Waals surface area contributed by atoms with Crippen molar-refractivity contribution in [3.05, 3.63) is 23.8 Å². The van der Waals surface area contributed by atoms with E-state index >= 15 is 0 Å². The molecule has 1 fully saturated rings. The second-order valence-electron chi connectivity index (χ2n) is 5.93. The van der Waals surface area contributed by atoms with E-state index in [-0.39, 0.29) is 5.60 Å². The van der Waals surface area contributed by atoms with Gasteiger partial charge in [0, 0.05) is 0 Å². The van der Waals surface area contributed by atoms with Gasteiger partial charge in [0.1, 0.15) is 0 Å². The van der Waals surface area contributed by atoms with Crippen LogP contribution in [0.5, 0.6) is 0 Å². The lowest BCUT2D eigenvalue weighted by Gasteiger charge is -2.22. The van der Waals surface area contributed by atoms with Crippen molar-refractivity contribution in [2.75, 3.05) is 0 Å². The fourth-order valence-electron chi connectivity index (χ4n) is 2.60. The molecule has 0 unspecified atom stereocenters. The smallest absolute Gasteiger partial charge is 0.0892 e. The van der Waals surface area contributed by atoms with Gasteiger partial charge in [0.2, 0.25) is 0 Å². The lowest BCUT2D eigenvalue weighted by molar-refractivity contribution is 0.319. The quantitative estimate of drug-likeness (QED) is 0.510. The molecule has 90 valence electrons. The van der Waals surface area contributed by atoms with Crippen LogP contribution in [0.2, 0.25) is 0 Å². The Morgan fingerprint density at radius 2 is 2.25 bits per heavy atom. The topological polar surface area (TPSA) is 12.5 Å². The second kappa shape index (κ2) is 4.37. The second-order valence-corrected chi connectivity index (χ2v) is 5.93. The van der Waals surface area contributed by atoms with Crippen LogP contribution in [0.1, 0.15) is 52.9 Å². The van der Waals surface area contributed by atoms with E-state index in [1.54, 1.807) is 5.57 Å². The molecule has 1 aliphatic heterocycles.